The van der Waals surface area contributed by atoms with Crippen molar-refractivity contribution in [3.8, 4) is 0 Å². The lowest BCUT2D eigenvalue weighted by Gasteiger charge is -2.15. The van der Waals surface area contributed by atoms with Gasteiger partial charge in [0.25, 0.3) is 0 Å². The van der Waals surface area contributed by atoms with Crippen molar-refractivity contribution in [2.75, 3.05) is 18.5 Å². The second-order valence-electron chi connectivity index (χ2n) is 4.22. The highest BCUT2D eigenvalue weighted by Crippen LogP contribution is 2.26. The number of benzene rings is 1. The summed E-state index contributed by atoms with van der Waals surface area (Å²) < 4.78 is 40.2. The molecular formula is C13H15BrClF3O. The zero-order valence-electron chi connectivity index (χ0n) is 10.2. The summed E-state index contributed by atoms with van der Waals surface area (Å²) in [5.74, 6) is 0.230. The molecule has 0 radical (unpaired) electrons. The van der Waals surface area contributed by atoms with Crippen molar-refractivity contribution < 1.29 is 17.9 Å². The largest absolute Gasteiger partial charge is 0.411 e. The fraction of sp³-hybridized carbons (Fsp3) is 0.538. The van der Waals surface area contributed by atoms with Gasteiger partial charge in [0.15, 0.2) is 0 Å². The molecule has 19 heavy (non-hydrogen) atoms. The van der Waals surface area contributed by atoms with Crippen molar-refractivity contribution in [3.05, 3.63) is 34.9 Å². The Morgan fingerprint density at radius 3 is 2.63 bits per heavy atom. The van der Waals surface area contributed by atoms with E-state index < -0.39 is 12.8 Å². The second-order valence-corrected chi connectivity index (χ2v) is 5.30. The van der Waals surface area contributed by atoms with Gasteiger partial charge in [-0.05, 0) is 36.5 Å². The molecule has 0 aliphatic heterocycles. The first kappa shape index (κ1) is 16.8. The number of alkyl halides is 4. The Labute approximate surface area is 124 Å². The average molecular weight is 360 g/mol. The first-order valence-corrected chi connectivity index (χ1v) is 7.38. The molecule has 1 aromatic rings. The molecule has 0 N–H and O–H groups in total. The normalized spacial score (nSPS) is 13.5. The van der Waals surface area contributed by atoms with Crippen LogP contribution in [0, 0.1) is 0 Å². The molecule has 1 aromatic carbocycles. The maximum Gasteiger partial charge on any atom is 0.411 e. The quantitative estimate of drug-likeness (QED) is 0.481. The van der Waals surface area contributed by atoms with Crippen molar-refractivity contribution in [2.24, 2.45) is 0 Å². The summed E-state index contributed by atoms with van der Waals surface area (Å²) >= 11 is 9.33. The lowest BCUT2D eigenvalue weighted by molar-refractivity contribution is -0.174. The summed E-state index contributed by atoms with van der Waals surface area (Å²) in [4.78, 5) is 0. The molecule has 1 rings (SSSR count). The third kappa shape index (κ3) is 7.18. The standard InChI is InChI=1S/C13H15BrClF3O/c14-8-11(10-3-1-5-12(15)7-10)4-2-6-19-9-13(16,17)18/h1,3,5,7,11H,2,4,6,8-9H2. The molecule has 0 spiro atoms. The first-order chi connectivity index (χ1) is 8.92. The van der Waals surface area contributed by atoms with Gasteiger partial charge in [0.1, 0.15) is 6.61 Å². The van der Waals surface area contributed by atoms with Gasteiger partial charge in [0.2, 0.25) is 0 Å². The van der Waals surface area contributed by atoms with Crippen LogP contribution in [-0.2, 0) is 4.74 Å². The first-order valence-electron chi connectivity index (χ1n) is 5.88. The minimum Gasteiger partial charge on any atom is -0.372 e. The lowest BCUT2D eigenvalue weighted by Crippen LogP contribution is -2.17. The van der Waals surface area contributed by atoms with E-state index in [4.69, 9.17) is 11.6 Å². The van der Waals surface area contributed by atoms with E-state index in [0.29, 0.717) is 11.4 Å². The predicted molar refractivity (Wildman–Crippen MR) is 74.1 cm³/mol. The van der Waals surface area contributed by atoms with E-state index in [0.717, 1.165) is 17.3 Å². The fourth-order valence-electron chi connectivity index (χ4n) is 1.71. The summed E-state index contributed by atoms with van der Waals surface area (Å²) in [5.41, 5.74) is 1.08. The van der Waals surface area contributed by atoms with Crippen LogP contribution >= 0.6 is 27.5 Å². The van der Waals surface area contributed by atoms with Crippen LogP contribution in [0.15, 0.2) is 24.3 Å². The molecule has 1 atom stereocenters. The number of hydrogen-bond acceptors (Lipinski definition) is 1. The van der Waals surface area contributed by atoms with Gasteiger partial charge < -0.3 is 4.74 Å². The Hall–Kier alpha value is -0.260. The summed E-state index contributed by atoms with van der Waals surface area (Å²) in [5, 5.41) is 1.41. The molecule has 1 unspecified atom stereocenters. The summed E-state index contributed by atoms with van der Waals surface area (Å²) in [6, 6.07) is 7.51. The molecule has 0 aliphatic carbocycles. The smallest absolute Gasteiger partial charge is 0.372 e. The van der Waals surface area contributed by atoms with Gasteiger partial charge in [0, 0.05) is 17.0 Å². The molecule has 1 nitrogen and oxygen atoms in total. The molecule has 6 heteroatoms. The Morgan fingerprint density at radius 2 is 2.05 bits per heavy atom. The molecule has 0 saturated carbocycles. The van der Waals surface area contributed by atoms with Crippen LogP contribution in [0.25, 0.3) is 0 Å². The zero-order valence-corrected chi connectivity index (χ0v) is 12.6. The average Bonchev–Trinajstić information content (AvgIpc) is 2.32. The van der Waals surface area contributed by atoms with Crippen LogP contribution in [-0.4, -0.2) is 24.7 Å². The minimum absolute atomic E-state index is 0.115. The lowest BCUT2D eigenvalue weighted by atomic mass is 9.96. The van der Waals surface area contributed by atoms with Gasteiger partial charge in [-0.2, -0.15) is 13.2 Å². The minimum atomic E-state index is -4.25. The summed E-state index contributed by atoms with van der Waals surface area (Å²) in [6.45, 7) is -1.06. The van der Waals surface area contributed by atoms with Crippen LogP contribution in [0.1, 0.15) is 24.3 Å². The topological polar surface area (TPSA) is 9.23 Å². The molecular weight excluding hydrogens is 344 g/mol. The van der Waals surface area contributed by atoms with E-state index in [2.05, 4.69) is 20.7 Å². The maximum atomic E-state index is 11.9. The number of ether oxygens (including phenoxy) is 1. The SMILES string of the molecule is FC(F)(F)COCCCC(CBr)c1cccc(Cl)c1. The Balaban J connectivity index is 2.34. The summed E-state index contributed by atoms with van der Waals surface area (Å²) in [6.07, 6.45) is -2.91. The van der Waals surface area contributed by atoms with Gasteiger partial charge in [-0.15, -0.1) is 0 Å². The molecule has 0 amide bonds. The number of hydrogen-bond donors (Lipinski definition) is 0. The molecule has 0 bridgehead atoms. The molecule has 0 aliphatic rings. The number of rotatable bonds is 7. The third-order valence-corrected chi connectivity index (χ3v) is 3.63. The molecule has 0 heterocycles. The fourth-order valence-corrected chi connectivity index (χ4v) is 2.61. The molecule has 0 aromatic heterocycles. The van der Waals surface area contributed by atoms with Gasteiger partial charge in [-0.25, -0.2) is 0 Å². The van der Waals surface area contributed by atoms with Crippen LogP contribution in [0.3, 0.4) is 0 Å². The Morgan fingerprint density at radius 1 is 1.32 bits per heavy atom. The van der Waals surface area contributed by atoms with E-state index in [9.17, 15) is 13.2 Å². The van der Waals surface area contributed by atoms with Crippen molar-refractivity contribution in [3.63, 3.8) is 0 Å². The molecule has 0 fully saturated rings. The number of halogens is 5. The monoisotopic (exact) mass is 358 g/mol. The van der Waals surface area contributed by atoms with Gasteiger partial charge in [-0.1, -0.05) is 39.7 Å². The van der Waals surface area contributed by atoms with E-state index in [-0.39, 0.29) is 12.5 Å². The van der Waals surface area contributed by atoms with Crippen LogP contribution in [0.2, 0.25) is 5.02 Å². The Kier molecular flexibility index (Phi) is 7.18. The van der Waals surface area contributed by atoms with Crippen molar-refractivity contribution >= 4 is 27.5 Å². The van der Waals surface area contributed by atoms with Gasteiger partial charge >= 0.3 is 6.18 Å². The third-order valence-electron chi connectivity index (χ3n) is 2.61. The zero-order chi connectivity index (χ0) is 14.3. The van der Waals surface area contributed by atoms with Crippen molar-refractivity contribution in [1.29, 1.82) is 0 Å². The van der Waals surface area contributed by atoms with E-state index in [1.807, 2.05) is 18.2 Å². The highest BCUT2D eigenvalue weighted by Gasteiger charge is 2.27. The highest BCUT2D eigenvalue weighted by molar-refractivity contribution is 9.09. The van der Waals surface area contributed by atoms with Gasteiger partial charge in [0.05, 0.1) is 0 Å². The van der Waals surface area contributed by atoms with Crippen molar-refractivity contribution in [1.82, 2.24) is 0 Å². The highest BCUT2D eigenvalue weighted by atomic mass is 79.9. The van der Waals surface area contributed by atoms with Crippen LogP contribution < -0.4 is 0 Å². The Bertz CT molecular complexity index is 384. The predicted octanol–water partition coefficient (Wildman–Crippen LogP) is 5.18. The van der Waals surface area contributed by atoms with E-state index >= 15 is 0 Å². The van der Waals surface area contributed by atoms with Crippen LogP contribution in [0.4, 0.5) is 13.2 Å². The maximum absolute atomic E-state index is 11.9. The summed E-state index contributed by atoms with van der Waals surface area (Å²) in [7, 11) is 0. The van der Waals surface area contributed by atoms with Gasteiger partial charge in [-0.3, -0.25) is 0 Å². The molecule has 108 valence electrons. The molecule has 0 saturated heterocycles. The second kappa shape index (κ2) is 8.12. The van der Waals surface area contributed by atoms with E-state index in [1.54, 1.807) is 6.07 Å². The van der Waals surface area contributed by atoms with Crippen LogP contribution in [0.5, 0.6) is 0 Å². The van der Waals surface area contributed by atoms with Crippen molar-refractivity contribution in [2.45, 2.75) is 24.9 Å². The van der Waals surface area contributed by atoms with E-state index in [1.165, 1.54) is 0 Å².